The predicted octanol–water partition coefficient (Wildman–Crippen LogP) is 3.76. The van der Waals surface area contributed by atoms with Gasteiger partial charge in [0.05, 0.1) is 11.3 Å². The fourth-order valence-corrected chi connectivity index (χ4v) is 2.61. The molecule has 3 rings (SSSR count). The van der Waals surface area contributed by atoms with Crippen LogP contribution >= 0.6 is 11.6 Å². The first-order valence-corrected chi connectivity index (χ1v) is 8.68. The van der Waals surface area contributed by atoms with Crippen molar-refractivity contribution in [1.29, 1.82) is 0 Å². The Labute approximate surface area is 166 Å². The maximum absolute atomic E-state index is 12.7. The minimum absolute atomic E-state index is 0.238. The highest BCUT2D eigenvalue weighted by atomic mass is 35.5. The van der Waals surface area contributed by atoms with Crippen LogP contribution in [-0.2, 0) is 9.53 Å². The molecule has 28 heavy (non-hydrogen) atoms. The topological polar surface area (TPSA) is 85.4 Å². The van der Waals surface area contributed by atoms with Gasteiger partial charge < -0.3 is 10.1 Å². The normalized spacial score (nSPS) is 10.2. The zero-order valence-corrected chi connectivity index (χ0v) is 15.3. The molecule has 0 aliphatic heterocycles. The lowest BCUT2D eigenvalue weighted by Crippen LogP contribution is -2.22. The van der Waals surface area contributed by atoms with Crippen molar-refractivity contribution >= 4 is 34.9 Å². The second-order valence-electron chi connectivity index (χ2n) is 5.75. The zero-order chi connectivity index (χ0) is 19.9. The molecule has 0 spiro atoms. The maximum atomic E-state index is 12.7. The first kappa shape index (κ1) is 19.3. The van der Waals surface area contributed by atoms with E-state index in [-0.39, 0.29) is 22.6 Å². The molecular formula is C21H15ClN2O4. The molecule has 1 amide bonds. The van der Waals surface area contributed by atoms with Crippen molar-refractivity contribution in [3.63, 3.8) is 0 Å². The van der Waals surface area contributed by atoms with E-state index in [1.54, 1.807) is 42.5 Å². The van der Waals surface area contributed by atoms with Crippen LogP contribution in [0.4, 0.5) is 5.69 Å². The summed E-state index contributed by atoms with van der Waals surface area (Å²) in [5.74, 6) is -1.53. The van der Waals surface area contributed by atoms with Gasteiger partial charge in [-0.25, -0.2) is 4.79 Å². The molecule has 1 N–H and O–H groups in total. The summed E-state index contributed by atoms with van der Waals surface area (Å²) in [5.41, 5.74) is 1.22. The maximum Gasteiger partial charge on any atom is 0.340 e. The molecule has 0 fully saturated rings. The number of anilines is 1. The fraction of sp³-hybridized carbons (Fsp3) is 0.0476. The van der Waals surface area contributed by atoms with Gasteiger partial charge in [-0.3, -0.25) is 14.6 Å². The number of esters is 1. The van der Waals surface area contributed by atoms with Crippen LogP contribution in [-0.4, -0.2) is 29.3 Å². The van der Waals surface area contributed by atoms with Gasteiger partial charge in [0, 0.05) is 28.5 Å². The number of rotatable bonds is 6. The van der Waals surface area contributed by atoms with Gasteiger partial charge in [0.25, 0.3) is 5.91 Å². The minimum Gasteiger partial charge on any atom is -0.452 e. The molecule has 0 radical (unpaired) electrons. The Hall–Kier alpha value is -3.51. The molecule has 1 heterocycles. The highest BCUT2D eigenvalue weighted by Gasteiger charge is 2.17. The molecule has 0 saturated carbocycles. The van der Waals surface area contributed by atoms with Gasteiger partial charge in [0.15, 0.2) is 12.4 Å². The van der Waals surface area contributed by atoms with E-state index in [0.29, 0.717) is 10.6 Å². The highest BCUT2D eigenvalue weighted by Crippen LogP contribution is 2.23. The van der Waals surface area contributed by atoms with Crippen LogP contribution in [0.2, 0.25) is 5.02 Å². The zero-order valence-electron chi connectivity index (χ0n) is 14.6. The third kappa shape index (κ3) is 4.81. The Bertz CT molecular complexity index is 1010. The summed E-state index contributed by atoms with van der Waals surface area (Å²) in [6.45, 7) is -0.505. The summed E-state index contributed by atoms with van der Waals surface area (Å²) in [7, 11) is 0. The van der Waals surface area contributed by atoms with Gasteiger partial charge in [-0.2, -0.15) is 0 Å². The molecule has 0 aliphatic carbocycles. The van der Waals surface area contributed by atoms with Gasteiger partial charge in [-0.05, 0) is 30.3 Å². The number of carbonyl (C=O) groups excluding carboxylic acids is 3. The quantitative estimate of drug-likeness (QED) is 0.508. The number of benzene rings is 2. The molecule has 7 heteroatoms. The smallest absolute Gasteiger partial charge is 0.340 e. The Morgan fingerprint density at radius 3 is 2.43 bits per heavy atom. The number of nitrogens with one attached hydrogen (secondary N) is 1. The van der Waals surface area contributed by atoms with E-state index in [1.165, 1.54) is 30.6 Å². The van der Waals surface area contributed by atoms with E-state index >= 15 is 0 Å². The number of amides is 1. The van der Waals surface area contributed by atoms with Crippen molar-refractivity contribution in [2.24, 2.45) is 0 Å². The summed E-state index contributed by atoms with van der Waals surface area (Å²) < 4.78 is 4.97. The number of hydrogen-bond donors (Lipinski definition) is 1. The van der Waals surface area contributed by atoms with E-state index in [1.807, 2.05) is 0 Å². The molecule has 0 aliphatic rings. The lowest BCUT2D eigenvalue weighted by molar-refractivity contribution is -0.119. The molecule has 1 aromatic heterocycles. The lowest BCUT2D eigenvalue weighted by Gasteiger charge is -2.11. The van der Waals surface area contributed by atoms with Gasteiger partial charge in [-0.15, -0.1) is 0 Å². The minimum atomic E-state index is -0.667. The molecule has 6 nitrogen and oxygen atoms in total. The van der Waals surface area contributed by atoms with Gasteiger partial charge in [-0.1, -0.05) is 41.9 Å². The van der Waals surface area contributed by atoms with Crippen LogP contribution in [0.3, 0.4) is 0 Å². The number of halogens is 1. The van der Waals surface area contributed by atoms with Gasteiger partial charge in [0.1, 0.15) is 0 Å². The van der Waals surface area contributed by atoms with Crippen molar-refractivity contribution < 1.29 is 19.1 Å². The van der Waals surface area contributed by atoms with Crippen LogP contribution in [0.5, 0.6) is 0 Å². The Kier molecular flexibility index (Phi) is 6.14. The first-order chi connectivity index (χ1) is 13.5. The molecule has 140 valence electrons. The second-order valence-corrected chi connectivity index (χ2v) is 6.19. The van der Waals surface area contributed by atoms with E-state index in [4.69, 9.17) is 16.3 Å². The Morgan fingerprint density at radius 1 is 0.964 bits per heavy atom. The van der Waals surface area contributed by atoms with Crippen LogP contribution in [0.25, 0.3) is 0 Å². The average Bonchev–Trinajstić information content (AvgIpc) is 2.74. The first-order valence-electron chi connectivity index (χ1n) is 8.31. The summed E-state index contributed by atoms with van der Waals surface area (Å²) in [5, 5.41) is 2.95. The SMILES string of the molecule is O=C(COC(=O)c1cccnc1)Nc1ccc(Cl)cc1C(=O)c1ccccc1. The van der Waals surface area contributed by atoms with Crippen LogP contribution < -0.4 is 5.32 Å². The monoisotopic (exact) mass is 394 g/mol. The number of carbonyl (C=O) groups is 3. The molecular weight excluding hydrogens is 380 g/mol. The second kappa shape index (κ2) is 8.92. The van der Waals surface area contributed by atoms with Crippen LogP contribution in [0.1, 0.15) is 26.3 Å². The number of hydrogen-bond acceptors (Lipinski definition) is 5. The van der Waals surface area contributed by atoms with Crippen LogP contribution in [0.15, 0.2) is 73.1 Å². The molecule has 0 atom stereocenters. The van der Waals surface area contributed by atoms with Crippen molar-refractivity contribution in [2.75, 3.05) is 11.9 Å². The van der Waals surface area contributed by atoms with Crippen molar-refractivity contribution in [1.82, 2.24) is 4.98 Å². The summed E-state index contributed by atoms with van der Waals surface area (Å²) in [6.07, 6.45) is 2.87. The average molecular weight is 395 g/mol. The summed E-state index contributed by atoms with van der Waals surface area (Å²) >= 11 is 6.02. The molecule has 2 aromatic carbocycles. The Balaban J connectivity index is 1.71. The number of pyridine rings is 1. The van der Waals surface area contributed by atoms with Crippen molar-refractivity contribution in [2.45, 2.75) is 0 Å². The van der Waals surface area contributed by atoms with Crippen LogP contribution in [0, 0.1) is 0 Å². The summed E-state index contributed by atoms with van der Waals surface area (Å²) in [4.78, 5) is 40.7. The number of nitrogens with zero attached hydrogens (tertiary/aromatic N) is 1. The standard InChI is InChI=1S/C21H15ClN2O4/c22-16-8-9-18(17(11-16)20(26)14-5-2-1-3-6-14)24-19(25)13-28-21(27)15-7-4-10-23-12-15/h1-12H,13H2,(H,24,25). The lowest BCUT2D eigenvalue weighted by atomic mass is 10.0. The largest absolute Gasteiger partial charge is 0.452 e. The third-order valence-electron chi connectivity index (χ3n) is 3.77. The van der Waals surface area contributed by atoms with E-state index in [0.717, 1.165) is 0 Å². The highest BCUT2D eigenvalue weighted by molar-refractivity contribution is 6.31. The molecule has 3 aromatic rings. The third-order valence-corrected chi connectivity index (χ3v) is 4.00. The van der Waals surface area contributed by atoms with E-state index in [2.05, 4.69) is 10.3 Å². The molecule has 0 saturated heterocycles. The molecule has 0 unspecified atom stereocenters. The van der Waals surface area contributed by atoms with Gasteiger partial charge in [0.2, 0.25) is 0 Å². The fourth-order valence-electron chi connectivity index (χ4n) is 2.44. The number of ether oxygens (including phenoxy) is 1. The van der Waals surface area contributed by atoms with E-state index < -0.39 is 18.5 Å². The molecule has 0 bridgehead atoms. The van der Waals surface area contributed by atoms with Crippen molar-refractivity contribution in [3.8, 4) is 0 Å². The number of ketones is 1. The van der Waals surface area contributed by atoms with Crippen molar-refractivity contribution in [3.05, 3.63) is 94.8 Å². The predicted molar refractivity (Wildman–Crippen MR) is 104 cm³/mol. The Morgan fingerprint density at radius 2 is 1.71 bits per heavy atom. The van der Waals surface area contributed by atoms with Gasteiger partial charge >= 0.3 is 5.97 Å². The summed E-state index contributed by atoms with van der Waals surface area (Å²) in [6, 6.07) is 16.3. The van der Waals surface area contributed by atoms with E-state index in [9.17, 15) is 14.4 Å². The number of aromatic nitrogens is 1.